The fourth-order valence-corrected chi connectivity index (χ4v) is 2.32. The van der Waals surface area contributed by atoms with Gasteiger partial charge in [0.2, 0.25) is 0 Å². The molecule has 0 aromatic carbocycles. The van der Waals surface area contributed by atoms with Crippen LogP contribution in [0, 0.1) is 13.8 Å². The van der Waals surface area contributed by atoms with Crippen molar-refractivity contribution in [1.29, 1.82) is 0 Å². The Bertz CT molecular complexity index is 307. The third kappa shape index (κ3) is 2.86. The average Bonchev–Trinajstić information content (AvgIpc) is 2.62. The largest absolute Gasteiger partial charge is 0.376 e. The maximum absolute atomic E-state index is 5.91. The maximum Gasteiger partial charge on any atom is 0.0649 e. The van der Waals surface area contributed by atoms with Crippen molar-refractivity contribution in [3.8, 4) is 0 Å². The van der Waals surface area contributed by atoms with E-state index in [2.05, 4.69) is 35.9 Å². The van der Waals surface area contributed by atoms with Gasteiger partial charge in [0.1, 0.15) is 0 Å². The molecule has 0 unspecified atom stereocenters. The molecule has 0 amide bonds. The van der Waals surface area contributed by atoms with Gasteiger partial charge in [0.05, 0.1) is 12.7 Å². The Morgan fingerprint density at radius 2 is 1.88 bits per heavy atom. The monoisotopic (exact) mass is 222 g/mol. The van der Waals surface area contributed by atoms with Gasteiger partial charge in [0.25, 0.3) is 0 Å². The lowest BCUT2D eigenvalue weighted by Gasteiger charge is -2.23. The number of aryl methyl sites for hydroxylation is 2. The highest BCUT2D eigenvalue weighted by molar-refractivity contribution is 5.13. The Balaban J connectivity index is 1.75. The van der Waals surface area contributed by atoms with Crippen LogP contribution in [0.25, 0.3) is 0 Å². The molecular formula is C13H22N2O. The van der Waals surface area contributed by atoms with Crippen molar-refractivity contribution in [3.63, 3.8) is 0 Å². The van der Waals surface area contributed by atoms with Gasteiger partial charge in [-0.1, -0.05) is 0 Å². The van der Waals surface area contributed by atoms with E-state index in [1.54, 1.807) is 0 Å². The summed E-state index contributed by atoms with van der Waals surface area (Å²) in [5.41, 5.74) is 2.65. The van der Waals surface area contributed by atoms with Crippen LogP contribution >= 0.6 is 0 Å². The molecule has 16 heavy (non-hydrogen) atoms. The van der Waals surface area contributed by atoms with E-state index in [0.717, 1.165) is 39.1 Å². The van der Waals surface area contributed by atoms with Crippen molar-refractivity contribution in [2.24, 2.45) is 0 Å². The zero-order chi connectivity index (χ0) is 11.4. The van der Waals surface area contributed by atoms with E-state index in [9.17, 15) is 0 Å². The molecule has 1 aliphatic heterocycles. The van der Waals surface area contributed by atoms with Crippen LogP contribution in [0.5, 0.6) is 0 Å². The Kier molecular flexibility index (Phi) is 4.02. The van der Waals surface area contributed by atoms with Gasteiger partial charge in [-0.25, -0.2) is 0 Å². The fourth-order valence-electron chi connectivity index (χ4n) is 2.32. The molecule has 0 aliphatic carbocycles. The molecule has 0 bridgehead atoms. The minimum Gasteiger partial charge on any atom is -0.376 e. The first-order chi connectivity index (χ1) is 7.77. The van der Waals surface area contributed by atoms with Crippen LogP contribution in [0.2, 0.25) is 0 Å². The molecule has 1 aromatic heterocycles. The van der Waals surface area contributed by atoms with Gasteiger partial charge in [0, 0.05) is 17.9 Å². The molecule has 2 rings (SSSR count). The van der Waals surface area contributed by atoms with Crippen molar-refractivity contribution in [2.75, 3.05) is 19.7 Å². The zero-order valence-electron chi connectivity index (χ0n) is 10.3. The molecule has 3 nitrogen and oxygen atoms in total. The van der Waals surface area contributed by atoms with E-state index >= 15 is 0 Å². The van der Waals surface area contributed by atoms with Gasteiger partial charge in [-0.15, -0.1) is 0 Å². The summed E-state index contributed by atoms with van der Waals surface area (Å²) in [6, 6.07) is 4.33. The predicted molar refractivity (Wildman–Crippen MR) is 65.7 cm³/mol. The lowest BCUT2D eigenvalue weighted by atomic mass is 10.1. The zero-order valence-corrected chi connectivity index (χ0v) is 10.3. The van der Waals surface area contributed by atoms with Crippen LogP contribution in [-0.4, -0.2) is 30.4 Å². The summed E-state index contributed by atoms with van der Waals surface area (Å²) in [5.74, 6) is 0. The van der Waals surface area contributed by atoms with Crippen LogP contribution < -0.4 is 5.32 Å². The number of hydrogen-bond donors (Lipinski definition) is 1. The number of ether oxygens (including phenoxy) is 1. The van der Waals surface area contributed by atoms with Gasteiger partial charge >= 0.3 is 0 Å². The smallest absolute Gasteiger partial charge is 0.0649 e. The fraction of sp³-hybridized carbons (Fsp3) is 0.692. The molecule has 1 fully saturated rings. The van der Waals surface area contributed by atoms with Crippen LogP contribution in [0.15, 0.2) is 12.1 Å². The maximum atomic E-state index is 5.91. The number of hydrogen-bond acceptors (Lipinski definition) is 2. The second-order valence-electron chi connectivity index (χ2n) is 4.59. The van der Waals surface area contributed by atoms with Crippen LogP contribution in [0.1, 0.15) is 24.2 Å². The Morgan fingerprint density at radius 1 is 1.25 bits per heavy atom. The van der Waals surface area contributed by atoms with Crippen molar-refractivity contribution in [2.45, 2.75) is 39.3 Å². The highest BCUT2D eigenvalue weighted by Crippen LogP contribution is 2.09. The van der Waals surface area contributed by atoms with Gasteiger partial charge in [-0.2, -0.15) is 0 Å². The van der Waals surface area contributed by atoms with Crippen molar-refractivity contribution >= 4 is 0 Å². The summed E-state index contributed by atoms with van der Waals surface area (Å²) in [4.78, 5) is 0. The summed E-state index contributed by atoms with van der Waals surface area (Å²) in [6.07, 6.45) is 2.78. The van der Waals surface area contributed by atoms with E-state index in [0.29, 0.717) is 6.10 Å². The van der Waals surface area contributed by atoms with E-state index in [1.165, 1.54) is 11.4 Å². The summed E-state index contributed by atoms with van der Waals surface area (Å²) in [7, 11) is 0. The molecule has 90 valence electrons. The van der Waals surface area contributed by atoms with Crippen LogP contribution in [0.4, 0.5) is 0 Å². The Hall–Kier alpha value is -0.800. The summed E-state index contributed by atoms with van der Waals surface area (Å²) < 4.78 is 8.23. The molecule has 0 radical (unpaired) electrons. The Morgan fingerprint density at radius 3 is 2.50 bits per heavy atom. The van der Waals surface area contributed by atoms with Gasteiger partial charge < -0.3 is 14.6 Å². The van der Waals surface area contributed by atoms with Crippen LogP contribution in [0.3, 0.4) is 0 Å². The number of nitrogens with one attached hydrogen (secondary N) is 1. The third-order valence-electron chi connectivity index (χ3n) is 3.37. The minimum atomic E-state index is 0.470. The van der Waals surface area contributed by atoms with E-state index in [1.807, 2.05) is 0 Å². The minimum absolute atomic E-state index is 0.470. The topological polar surface area (TPSA) is 26.2 Å². The number of aromatic nitrogens is 1. The molecular weight excluding hydrogens is 200 g/mol. The molecule has 0 spiro atoms. The van der Waals surface area contributed by atoms with Gasteiger partial charge in [-0.3, -0.25) is 0 Å². The number of rotatable bonds is 4. The second kappa shape index (κ2) is 5.51. The first kappa shape index (κ1) is 11.7. The van der Waals surface area contributed by atoms with Crippen molar-refractivity contribution < 1.29 is 4.74 Å². The standard InChI is InChI=1S/C13H22N2O/c1-11-3-4-12(2)15(11)9-10-16-13-5-7-14-8-6-13/h3-4,13-14H,5-10H2,1-2H3. The van der Waals surface area contributed by atoms with Crippen LogP contribution in [-0.2, 0) is 11.3 Å². The number of nitrogens with zero attached hydrogens (tertiary/aromatic N) is 1. The second-order valence-corrected chi connectivity index (χ2v) is 4.59. The first-order valence-corrected chi connectivity index (χ1v) is 6.22. The molecule has 1 saturated heterocycles. The predicted octanol–water partition coefficient (Wildman–Crippen LogP) is 1.87. The SMILES string of the molecule is Cc1ccc(C)n1CCOC1CCNCC1. The normalized spacial score (nSPS) is 17.9. The molecule has 2 heterocycles. The molecule has 1 aromatic rings. The molecule has 1 aliphatic rings. The quantitative estimate of drug-likeness (QED) is 0.841. The third-order valence-corrected chi connectivity index (χ3v) is 3.37. The lowest BCUT2D eigenvalue weighted by Crippen LogP contribution is -2.33. The van der Waals surface area contributed by atoms with Gasteiger partial charge in [-0.05, 0) is 51.9 Å². The summed E-state index contributed by atoms with van der Waals surface area (Å²) in [5, 5.41) is 3.35. The van der Waals surface area contributed by atoms with Gasteiger partial charge in [0.15, 0.2) is 0 Å². The van der Waals surface area contributed by atoms with Crippen molar-refractivity contribution in [1.82, 2.24) is 9.88 Å². The van der Waals surface area contributed by atoms with E-state index < -0.39 is 0 Å². The molecule has 0 saturated carbocycles. The highest BCUT2D eigenvalue weighted by Gasteiger charge is 2.12. The first-order valence-electron chi connectivity index (χ1n) is 6.22. The molecule has 3 heteroatoms. The molecule has 1 N–H and O–H groups in total. The van der Waals surface area contributed by atoms with E-state index in [-0.39, 0.29) is 0 Å². The Labute approximate surface area is 97.8 Å². The lowest BCUT2D eigenvalue weighted by molar-refractivity contribution is 0.0281. The van der Waals surface area contributed by atoms with E-state index in [4.69, 9.17) is 4.74 Å². The summed E-state index contributed by atoms with van der Waals surface area (Å²) in [6.45, 7) is 8.32. The van der Waals surface area contributed by atoms with Crippen molar-refractivity contribution in [3.05, 3.63) is 23.5 Å². The highest BCUT2D eigenvalue weighted by atomic mass is 16.5. The average molecular weight is 222 g/mol. The summed E-state index contributed by atoms with van der Waals surface area (Å²) >= 11 is 0. The number of piperidine rings is 1. The molecule has 0 atom stereocenters.